The van der Waals surface area contributed by atoms with Crippen LogP contribution in [0.1, 0.15) is 44.5 Å². The van der Waals surface area contributed by atoms with E-state index < -0.39 is 43.6 Å². The van der Waals surface area contributed by atoms with Crippen LogP contribution in [0.15, 0.2) is 35.6 Å². The number of aliphatic imine (C=N–C) groups is 1. The van der Waals surface area contributed by atoms with Crippen molar-refractivity contribution in [2.45, 2.75) is 44.1 Å². The van der Waals surface area contributed by atoms with Crippen LogP contribution < -0.4 is 10.5 Å². The van der Waals surface area contributed by atoms with E-state index in [9.17, 15) is 17.2 Å². The Morgan fingerprint density at radius 1 is 1.30 bits per heavy atom. The van der Waals surface area contributed by atoms with Crippen molar-refractivity contribution in [3.63, 3.8) is 0 Å². The number of amidine groups is 1. The van der Waals surface area contributed by atoms with Gasteiger partial charge in [-0.15, -0.1) is 6.42 Å². The number of rotatable bonds is 5. The lowest BCUT2D eigenvalue weighted by molar-refractivity contribution is 0.266. The minimum absolute atomic E-state index is 0.0100. The predicted octanol–water partition coefficient (Wildman–Crippen LogP) is 3.26. The Morgan fingerprint density at radius 3 is 2.58 bits per heavy atom. The maximum Gasteiger partial charge on any atom is 0.233 e. The van der Waals surface area contributed by atoms with Crippen LogP contribution in [0, 0.1) is 18.2 Å². The van der Waals surface area contributed by atoms with Crippen molar-refractivity contribution in [2.24, 2.45) is 10.7 Å². The summed E-state index contributed by atoms with van der Waals surface area (Å²) in [6, 6.07) is 3.83. The third-order valence-corrected chi connectivity index (χ3v) is 8.21. The highest BCUT2D eigenvalue weighted by molar-refractivity contribution is 7.93. The van der Waals surface area contributed by atoms with E-state index in [2.05, 4.69) is 20.9 Å². The van der Waals surface area contributed by atoms with Gasteiger partial charge in [0.05, 0.1) is 18.1 Å². The number of halogens is 2. The molecule has 0 fully saturated rings. The number of benzene rings is 1. The van der Waals surface area contributed by atoms with E-state index in [1.807, 2.05) is 0 Å². The summed E-state index contributed by atoms with van der Waals surface area (Å²) in [5.41, 5.74) is 4.67. The van der Waals surface area contributed by atoms with Gasteiger partial charge in [0.1, 0.15) is 27.6 Å². The molecule has 0 spiro atoms. The minimum atomic E-state index is -3.73. The van der Waals surface area contributed by atoms with Crippen LogP contribution in [0.3, 0.4) is 0 Å². The van der Waals surface area contributed by atoms with Crippen LogP contribution >= 0.6 is 0 Å². The average Bonchev–Trinajstić information content (AvgIpc) is 2.73. The molecule has 2 N–H and O–H groups in total. The lowest BCUT2D eigenvalue weighted by Crippen LogP contribution is -2.55. The van der Waals surface area contributed by atoms with Gasteiger partial charge in [-0.3, -0.25) is 4.99 Å². The second-order valence-electron chi connectivity index (χ2n) is 8.44. The molecule has 1 aliphatic heterocycles. The number of terminal acetylenes is 1. The smallest absolute Gasteiger partial charge is 0.233 e. The van der Waals surface area contributed by atoms with Crippen LogP contribution in [0.4, 0.5) is 8.78 Å². The molecular formula is C23H24F2N4O3S. The number of sulfone groups is 1. The molecule has 0 bridgehead atoms. The third-order valence-electron chi connectivity index (χ3n) is 5.50. The molecule has 2 heterocycles. The first-order chi connectivity index (χ1) is 15.3. The number of aromatic nitrogens is 2. The SMILES string of the molecule is C#CC(C)Oc1cnc(/C(F)=C/c2ccc(F)c(C3(C)CS(=O)(=O)C(C)(C)C(N)=N3)c2)cn1. The van der Waals surface area contributed by atoms with Gasteiger partial charge >= 0.3 is 0 Å². The van der Waals surface area contributed by atoms with Gasteiger partial charge in [0.25, 0.3) is 0 Å². The van der Waals surface area contributed by atoms with E-state index in [0.717, 1.165) is 12.1 Å². The van der Waals surface area contributed by atoms with Gasteiger partial charge in [-0.05, 0) is 51.5 Å². The van der Waals surface area contributed by atoms with Crippen LogP contribution in [0.25, 0.3) is 11.9 Å². The van der Waals surface area contributed by atoms with E-state index in [0.29, 0.717) is 0 Å². The van der Waals surface area contributed by atoms with Gasteiger partial charge in [0.2, 0.25) is 5.88 Å². The first-order valence-corrected chi connectivity index (χ1v) is 11.6. The van der Waals surface area contributed by atoms with Gasteiger partial charge in [-0.25, -0.2) is 27.2 Å². The van der Waals surface area contributed by atoms with Crippen LogP contribution in [-0.2, 0) is 15.4 Å². The second-order valence-corrected chi connectivity index (χ2v) is 11.0. The molecule has 0 aliphatic carbocycles. The predicted molar refractivity (Wildman–Crippen MR) is 123 cm³/mol. The highest BCUT2D eigenvalue weighted by Crippen LogP contribution is 2.38. The molecule has 2 aromatic rings. The van der Waals surface area contributed by atoms with Gasteiger partial charge in [0.15, 0.2) is 21.8 Å². The molecular weight excluding hydrogens is 450 g/mol. The summed E-state index contributed by atoms with van der Waals surface area (Å²) in [4.78, 5) is 12.2. The maximum absolute atomic E-state index is 14.8. The second kappa shape index (κ2) is 8.56. The zero-order valence-electron chi connectivity index (χ0n) is 18.6. The lowest BCUT2D eigenvalue weighted by atomic mass is 9.91. The van der Waals surface area contributed by atoms with E-state index >= 15 is 0 Å². The minimum Gasteiger partial charge on any atom is -0.460 e. The largest absolute Gasteiger partial charge is 0.460 e. The summed E-state index contributed by atoms with van der Waals surface area (Å²) in [7, 11) is -3.73. The fraction of sp³-hybridized carbons (Fsp3) is 0.348. The maximum atomic E-state index is 14.8. The number of nitrogens with zero attached hydrogens (tertiary/aromatic N) is 3. The highest BCUT2D eigenvalue weighted by atomic mass is 32.2. The Kier molecular flexibility index (Phi) is 6.31. The summed E-state index contributed by atoms with van der Waals surface area (Å²) < 4.78 is 59.0. The summed E-state index contributed by atoms with van der Waals surface area (Å²) >= 11 is 0. The van der Waals surface area contributed by atoms with Crippen molar-refractivity contribution in [3.05, 3.63) is 53.2 Å². The summed E-state index contributed by atoms with van der Waals surface area (Å²) in [5, 5.41) is 0. The highest BCUT2D eigenvalue weighted by Gasteiger charge is 2.49. The number of nitrogens with two attached hydrogens (primary N) is 1. The fourth-order valence-corrected chi connectivity index (χ4v) is 4.95. The van der Waals surface area contributed by atoms with Gasteiger partial charge in [-0.2, -0.15) is 0 Å². The molecule has 3 rings (SSSR count). The number of hydrogen-bond acceptors (Lipinski definition) is 7. The van der Waals surface area contributed by atoms with Gasteiger partial charge in [0, 0.05) is 5.56 Å². The van der Waals surface area contributed by atoms with Crippen molar-refractivity contribution in [1.82, 2.24) is 9.97 Å². The molecule has 1 aromatic heterocycles. The van der Waals surface area contributed by atoms with Crippen LogP contribution in [0.5, 0.6) is 5.88 Å². The monoisotopic (exact) mass is 474 g/mol. The topological polar surface area (TPSA) is 108 Å². The first-order valence-electron chi connectivity index (χ1n) is 9.99. The molecule has 10 heteroatoms. The fourth-order valence-electron chi connectivity index (χ4n) is 3.26. The first kappa shape index (κ1) is 24.3. The zero-order chi connectivity index (χ0) is 24.6. The van der Waals surface area contributed by atoms with Crippen LogP contribution in [0.2, 0.25) is 0 Å². The van der Waals surface area contributed by atoms with Gasteiger partial charge in [-0.1, -0.05) is 12.0 Å². The molecule has 0 amide bonds. The molecule has 2 atom stereocenters. The molecule has 1 aliphatic rings. The molecule has 0 radical (unpaired) electrons. The van der Waals surface area contributed by atoms with Crippen molar-refractivity contribution >= 4 is 27.6 Å². The van der Waals surface area contributed by atoms with Crippen molar-refractivity contribution in [1.29, 1.82) is 0 Å². The molecule has 2 unspecified atom stereocenters. The lowest BCUT2D eigenvalue weighted by Gasteiger charge is -2.38. The average molecular weight is 475 g/mol. The molecule has 33 heavy (non-hydrogen) atoms. The normalized spacial score (nSPS) is 22.7. The van der Waals surface area contributed by atoms with E-state index in [-0.39, 0.29) is 28.5 Å². The quantitative estimate of drug-likeness (QED) is 0.667. The van der Waals surface area contributed by atoms with E-state index in [1.54, 1.807) is 6.92 Å². The Balaban J connectivity index is 1.96. The van der Waals surface area contributed by atoms with E-state index in [4.69, 9.17) is 16.9 Å². The van der Waals surface area contributed by atoms with Crippen LogP contribution in [-0.4, -0.2) is 40.8 Å². The van der Waals surface area contributed by atoms with Crippen molar-refractivity contribution < 1.29 is 21.9 Å². The van der Waals surface area contributed by atoms with Gasteiger partial charge < -0.3 is 10.5 Å². The number of ether oxygens (including phenoxy) is 1. The Labute approximate surface area is 191 Å². The third kappa shape index (κ3) is 4.73. The van der Waals surface area contributed by atoms with E-state index in [1.165, 1.54) is 45.3 Å². The summed E-state index contributed by atoms with van der Waals surface area (Å²) in [5.74, 6) is 0.557. The Hall–Kier alpha value is -3.32. The molecule has 174 valence electrons. The molecule has 1 aromatic carbocycles. The van der Waals surface area contributed by atoms with Crippen molar-refractivity contribution in [2.75, 3.05) is 5.75 Å². The summed E-state index contributed by atoms with van der Waals surface area (Å²) in [6.45, 7) is 6.04. The Morgan fingerprint density at radius 2 is 2.00 bits per heavy atom. The standard InChI is InChI=1S/C23H24F2N4O3S/c1-6-14(2)32-20-12-27-19(11-28-20)18(25)10-15-7-8-17(24)16(9-15)23(5)13-33(30,31)22(3,4)21(26)29-23/h1,7-12,14H,13H2,2-5H3,(H2,26,29)/b18-10-. The van der Waals surface area contributed by atoms with Crippen molar-refractivity contribution in [3.8, 4) is 18.2 Å². The summed E-state index contributed by atoms with van der Waals surface area (Å²) in [6.07, 6.45) is 8.27. The molecule has 0 saturated carbocycles. The molecule has 0 saturated heterocycles. The Bertz CT molecular complexity index is 1280. The molecule has 7 nitrogen and oxygen atoms in total. The number of hydrogen-bond donors (Lipinski definition) is 1. The zero-order valence-corrected chi connectivity index (χ0v) is 19.5.